The van der Waals surface area contributed by atoms with Gasteiger partial charge in [0, 0.05) is 6.07 Å². The Balaban J connectivity index is 0.000000160. The fourth-order valence-corrected chi connectivity index (χ4v) is 0.933. The van der Waals surface area contributed by atoms with Gasteiger partial charge in [-0.15, -0.1) is 0 Å². The van der Waals surface area contributed by atoms with E-state index in [2.05, 4.69) is 0 Å². The lowest BCUT2D eigenvalue weighted by Gasteiger charge is -1.89. The van der Waals surface area contributed by atoms with Crippen LogP contribution in [0.3, 0.4) is 0 Å². The molecule has 0 bridgehead atoms. The maximum atomic E-state index is 10.3. The predicted octanol–water partition coefficient (Wildman–Crippen LogP) is 1.35. The number of hydrogen-bond acceptors (Lipinski definition) is 4. The third kappa shape index (κ3) is 4.23. The number of ketones is 2. The number of phenols is 2. The number of benzene rings is 1. The highest BCUT2D eigenvalue weighted by molar-refractivity contribution is 6.14. The van der Waals surface area contributed by atoms with Gasteiger partial charge in [0.05, 0.1) is 0 Å². The molecule has 2 rings (SSSR count). The predicted molar refractivity (Wildman–Crippen MR) is 58.1 cm³/mol. The molecular weight excluding hydrogens is 208 g/mol. The van der Waals surface area contributed by atoms with Crippen molar-refractivity contribution in [2.45, 2.75) is 0 Å². The van der Waals surface area contributed by atoms with Crippen molar-refractivity contribution in [1.82, 2.24) is 0 Å². The van der Waals surface area contributed by atoms with E-state index in [1.165, 1.54) is 42.5 Å². The molecule has 0 saturated heterocycles. The minimum Gasteiger partial charge on any atom is -0.508 e. The molecule has 0 heterocycles. The van der Waals surface area contributed by atoms with Crippen LogP contribution in [0.2, 0.25) is 0 Å². The van der Waals surface area contributed by atoms with Crippen molar-refractivity contribution in [2.75, 3.05) is 0 Å². The number of rotatable bonds is 0. The summed E-state index contributed by atoms with van der Waals surface area (Å²) < 4.78 is 0. The van der Waals surface area contributed by atoms with Crippen LogP contribution in [0.25, 0.3) is 0 Å². The maximum absolute atomic E-state index is 10.3. The van der Waals surface area contributed by atoms with E-state index in [1.54, 1.807) is 6.07 Å². The first-order valence-corrected chi connectivity index (χ1v) is 4.50. The molecule has 0 radical (unpaired) electrons. The zero-order valence-corrected chi connectivity index (χ0v) is 8.33. The Morgan fingerprint density at radius 3 is 1.38 bits per heavy atom. The van der Waals surface area contributed by atoms with Crippen LogP contribution in [0.15, 0.2) is 48.6 Å². The molecule has 0 aliphatic heterocycles. The third-order valence-electron chi connectivity index (χ3n) is 1.65. The fourth-order valence-electron chi connectivity index (χ4n) is 0.933. The van der Waals surface area contributed by atoms with Gasteiger partial charge in [0.15, 0.2) is 11.6 Å². The number of hydrogen-bond donors (Lipinski definition) is 2. The molecule has 0 unspecified atom stereocenters. The molecule has 0 aromatic heterocycles. The first-order chi connectivity index (χ1) is 7.58. The number of aromatic hydroxyl groups is 2. The van der Waals surface area contributed by atoms with E-state index in [1.807, 2.05) is 0 Å². The first-order valence-electron chi connectivity index (χ1n) is 4.50. The molecule has 16 heavy (non-hydrogen) atoms. The van der Waals surface area contributed by atoms with Gasteiger partial charge < -0.3 is 10.2 Å². The van der Waals surface area contributed by atoms with Crippen LogP contribution in [-0.2, 0) is 9.59 Å². The van der Waals surface area contributed by atoms with E-state index in [4.69, 9.17) is 10.2 Å². The molecule has 82 valence electrons. The zero-order valence-electron chi connectivity index (χ0n) is 8.33. The number of carbonyl (C=O) groups excluding carboxylic acids is 2. The molecule has 2 N–H and O–H groups in total. The lowest BCUT2D eigenvalue weighted by Crippen LogP contribution is -1.97. The smallest absolute Gasteiger partial charge is 0.178 e. The Kier molecular flexibility index (Phi) is 4.03. The Hall–Kier alpha value is -2.36. The number of carbonyl (C=O) groups is 2. The van der Waals surface area contributed by atoms with Gasteiger partial charge in [-0.05, 0) is 36.4 Å². The van der Waals surface area contributed by atoms with Crippen LogP contribution in [0.4, 0.5) is 0 Å². The van der Waals surface area contributed by atoms with Crippen LogP contribution in [0.1, 0.15) is 0 Å². The Morgan fingerprint density at radius 2 is 1.12 bits per heavy atom. The summed E-state index contributed by atoms with van der Waals surface area (Å²) in [5.41, 5.74) is 0. The monoisotopic (exact) mass is 218 g/mol. The van der Waals surface area contributed by atoms with E-state index in [-0.39, 0.29) is 23.1 Å². The average molecular weight is 218 g/mol. The van der Waals surface area contributed by atoms with Gasteiger partial charge in [-0.1, -0.05) is 6.07 Å². The van der Waals surface area contributed by atoms with Gasteiger partial charge in [0.25, 0.3) is 0 Å². The Labute approximate surface area is 92.2 Å². The van der Waals surface area contributed by atoms with E-state index >= 15 is 0 Å². The van der Waals surface area contributed by atoms with E-state index < -0.39 is 0 Å². The van der Waals surface area contributed by atoms with Crippen LogP contribution >= 0.6 is 0 Å². The molecule has 1 aliphatic carbocycles. The fraction of sp³-hybridized carbons (Fsp3) is 0. The van der Waals surface area contributed by atoms with Gasteiger partial charge in [-0.2, -0.15) is 0 Å². The molecule has 1 aromatic carbocycles. The zero-order chi connectivity index (χ0) is 12.0. The number of phenolic OH excluding ortho intramolecular Hbond substituents is 2. The van der Waals surface area contributed by atoms with Gasteiger partial charge in [0.1, 0.15) is 11.5 Å². The van der Waals surface area contributed by atoms with Crippen molar-refractivity contribution in [3.8, 4) is 11.5 Å². The molecule has 0 amide bonds. The van der Waals surface area contributed by atoms with E-state index in [9.17, 15) is 9.59 Å². The second kappa shape index (κ2) is 5.50. The highest BCUT2D eigenvalue weighted by Crippen LogP contribution is 2.14. The minimum absolute atomic E-state index is 0.0880. The largest absolute Gasteiger partial charge is 0.508 e. The molecule has 4 heteroatoms. The van der Waals surface area contributed by atoms with Crippen molar-refractivity contribution < 1.29 is 19.8 Å². The standard InChI is InChI=1S/C6H4O2.C6H6O2/c7-5-1-2-6(8)4-3-5;7-5-2-1-3-6(8)4-5/h1-4H;1-4,7-8H. The lowest BCUT2D eigenvalue weighted by atomic mass is 10.2. The van der Waals surface area contributed by atoms with Gasteiger partial charge in [0.2, 0.25) is 0 Å². The summed E-state index contributed by atoms with van der Waals surface area (Å²) in [6.45, 7) is 0. The SMILES string of the molecule is O=C1C=CC(=O)C=C1.Oc1cccc(O)c1. The topological polar surface area (TPSA) is 74.6 Å². The van der Waals surface area contributed by atoms with Crippen LogP contribution in [0.5, 0.6) is 11.5 Å². The highest BCUT2D eigenvalue weighted by atomic mass is 16.3. The second-order valence-corrected chi connectivity index (χ2v) is 2.99. The third-order valence-corrected chi connectivity index (χ3v) is 1.65. The summed E-state index contributed by atoms with van der Waals surface area (Å²) in [6.07, 6.45) is 5.01. The van der Waals surface area contributed by atoms with Gasteiger partial charge in [-0.3, -0.25) is 9.59 Å². The normalized spacial score (nSPS) is 13.2. The molecule has 4 nitrogen and oxygen atoms in total. The van der Waals surface area contributed by atoms with E-state index in [0.29, 0.717) is 0 Å². The summed E-state index contributed by atoms with van der Waals surface area (Å²) in [6, 6.07) is 5.85. The summed E-state index contributed by atoms with van der Waals surface area (Å²) in [5.74, 6) is -0.0656. The molecule has 0 atom stereocenters. The number of allylic oxidation sites excluding steroid dienone is 4. The Bertz CT molecular complexity index is 403. The van der Waals surface area contributed by atoms with Crippen molar-refractivity contribution >= 4 is 11.6 Å². The minimum atomic E-state index is -0.121. The summed E-state index contributed by atoms with van der Waals surface area (Å²) in [5, 5.41) is 17.3. The quantitative estimate of drug-likeness (QED) is 0.644. The summed E-state index contributed by atoms with van der Waals surface area (Å²) >= 11 is 0. The molecule has 0 spiro atoms. The van der Waals surface area contributed by atoms with Crippen LogP contribution < -0.4 is 0 Å². The molecular formula is C12H10O4. The van der Waals surface area contributed by atoms with Crippen molar-refractivity contribution in [2.24, 2.45) is 0 Å². The highest BCUT2D eigenvalue weighted by Gasteiger charge is 1.97. The van der Waals surface area contributed by atoms with Crippen LogP contribution in [-0.4, -0.2) is 21.8 Å². The van der Waals surface area contributed by atoms with Gasteiger partial charge in [-0.25, -0.2) is 0 Å². The van der Waals surface area contributed by atoms with Crippen molar-refractivity contribution in [3.05, 3.63) is 48.6 Å². The molecule has 0 saturated carbocycles. The van der Waals surface area contributed by atoms with E-state index in [0.717, 1.165) is 0 Å². The van der Waals surface area contributed by atoms with Gasteiger partial charge >= 0.3 is 0 Å². The summed E-state index contributed by atoms with van der Waals surface area (Å²) in [4.78, 5) is 20.6. The molecule has 1 aromatic rings. The van der Waals surface area contributed by atoms with Crippen molar-refractivity contribution in [1.29, 1.82) is 0 Å². The molecule has 1 aliphatic rings. The first kappa shape index (κ1) is 11.7. The lowest BCUT2D eigenvalue weighted by molar-refractivity contribution is -0.113. The van der Waals surface area contributed by atoms with Crippen molar-refractivity contribution in [3.63, 3.8) is 0 Å². The van der Waals surface area contributed by atoms with Crippen LogP contribution in [0, 0.1) is 0 Å². The molecule has 0 fully saturated rings. The average Bonchev–Trinajstić information content (AvgIpc) is 2.23. The summed E-state index contributed by atoms with van der Waals surface area (Å²) in [7, 11) is 0. The second-order valence-electron chi connectivity index (χ2n) is 2.99. The Morgan fingerprint density at radius 1 is 0.750 bits per heavy atom. The maximum Gasteiger partial charge on any atom is 0.178 e.